The van der Waals surface area contributed by atoms with Gasteiger partial charge in [-0.3, -0.25) is 0 Å². The van der Waals surface area contributed by atoms with Crippen molar-refractivity contribution in [3.05, 3.63) is 140 Å². The monoisotopic (exact) mass is 777 g/mol. The van der Waals surface area contributed by atoms with E-state index >= 15 is 0 Å². The van der Waals surface area contributed by atoms with Gasteiger partial charge in [0.05, 0.1) is 46.5 Å². The third-order valence-corrected chi connectivity index (χ3v) is 6.33. The number of aryl methyl sites for hydroxylation is 7. The van der Waals surface area contributed by atoms with Crippen molar-refractivity contribution >= 4 is 0 Å². The second-order valence-corrected chi connectivity index (χ2v) is 9.60. The standard InChI is InChI=1S/4C9H9N.4C2H6.4CH4.4H3N/c1-7-3-4-9(6-10)8(2)5-7;1-7-3-4-8(2)9(5-7)6-10;1-7-4-3-5-9(6-10)8(7)2;1-7-4-3-5-8(2)9(7)6-10;4*1-2;;;;;;;;/h4*3-5H,1-2H3;4*1-2H3;4*1H4;4*1H3. The summed E-state index contributed by atoms with van der Waals surface area (Å²) in [5, 5.41) is 34.4. The van der Waals surface area contributed by atoms with Gasteiger partial charge in [0, 0.05) is 0 Å². The first-order valence-electron chi connectivity index (χ1n) is 16.9. The van der Waals surface area contributed by atoms with Gasteiger partial charge in [0.25, 0.3) is 0 Å². The number of benzene rings is 4. The zero-order valence-corrected chi connectivity index (χ0v) is 35.5. The molecule has 4 aromatic carbocycles. The van der Waals surface area contributed by atoms with Crippen LogP contribution in [-0.2, 0) is 0 Å². The van der Waals surface area contributed by atoms with E-state index in [0.717, 1.165) is 55.6 Å². The van der Waals surface area contributed by atoms with E-state index < -0.39 is 0 Å². The Bertz CT molecular complexity index is 1600. The maximum atomic E-state index is 8.65. The van der Waals surface area contributed by atoms with Crippen LogP contribution in [0.2, 0.25) is 0 Å². The molecule has 0 fully saturated rings. The largest absolute Gasteiger partial charge is 0.344 e. The molecule has 0 aromatic heterocycles. The van der Waals surface area contributed by atoms with Crippen molar-refractivity contribution in [2.45, 2.75) is 140 Å². The quantitative estimate of drug-likeness (QED) is 0.134. The van der Waals surface area contributed by atoms with Crippen LogP contribution in [0.15, 0.2) is 72.8 Å². The normalized spacial score (nSPS) is 6.79. The predicted octanol–water partition coefficient (Wildman–Crippen LogP) is 16.0. The van der Waals surface area contributed by atoms with Crippen molar-refractivity contribution in [2.24, 2.45) is 0 Å². The topological polar surface area (TPSA) is 235 Å². The maximum absolute atomic E-state index is 8.65. The van der Waals surface area contributed by atoms with E-state index in [9.17, 15) is 0 Å². The van der Waals surface area contributed by atoms with Gasteiger partial charge in [-0.2, -0.15) is 21.0 Å². The summed E-state index contributed by atoms with van der Waals surface area (Å²) in [6, 6.07) is 31.9. The Balaban J connectivity index is -0.0000000415. The molecule has 0 saturated carbocycles. The first-order chi connectivity index (χ1) is 23.0. The zero-order valence-electron chi connectivity index (χ0n) is 35.5. The highest BCUT2D eigenvalue weighted by Gasteiger charge is 1.98. The molecule has 0 atom stereocenters. The first-order valence-corrected chi connectivity index (χ1v) is 16.9. The van der Waals surface area contributed by atoms with E-state index in [2.05, 4.69) is 24.3 Å². The smallest absolute Gasteiger partial charge is 0.0997 e. The van der Waals surface area contributed by atoms with E-state index in [1.54, 1.807) is 0 Å². The fourth-order valence-corrected chi connectivity index (χ4v) is 3.66. The third-order valence-electron chi connectivity index (χ3n) is 6.33. The van der Waals surface area contributed by atoms with Crippen molar-refractivity contribution in [1.82, 2.24) is 24.6 Å². The van der Waals surface area contributed by atoms with Crippen molar-refractivity contribution in [2.75, 3.05) is 0 Å². The highest BCUT2D eigenvalue weighted by molar-refractivity contribution is 5.43. The second kappa shape index (κ2) is 54.0. The number of nitrogens with zero attached hydrogens (tertiary/aromatic N) is 4. The Hall–Kier alpha value is -5.32. The van der Waals surface area contributed by atoms with E-state index in [4.69, 9.17) is 21.0 Å². The molecule has 0 heterocycles. The van der Waals surface area contributed by atoms with Crippen molar-refractivity contribution in [1.29, 1.82) is 21.0 Å². The molecule has 56 heavy (non-hydrogen) atoms. The summed E-state index contributed by atoms with van der Waals surface area (Å²) < 4.78 is 0. The van der Waals surface area contributed by atoms with E-state index in [1.807, 2.05) is 184 Å². The van der Waals surface area contributed by atoms with Crippen molar-refractivity contribution < 1.29 is 0 Å². The molecule has 8 heteroatoms. The average molecular weight is 777 g/mol. The molecule has 0 amide bonds. The number of hydrogen-bond acceptors (Lipinski definition) is 8. The van der Waals surface area contributed by atoms with Gasteiger partial charge in [0.15, 0.2) is 0 Å². The molecular weight excluding hydrogens is 689 g/mol. The lowest BCUT2D eigenvalue weighted by atomic mass is 10.1. The van der Waals surface area contributed by atoms with E-state index in [1.165, 1.54) is 11.1 Å². The van der Waals surface area contributed by atoms with Gasteiger partial charge in [0.1, 0.15) is 0 Å². The van der Waals surface area contributed by atoms with Crippen molar-refractivity contribution in [3.63, 3.8) is 0 Å². The zero-order chi connectivity index (χ0) is 38.2. The summed E-state index contributed by atoms with van der Waals surface area (Å²) in [4.78, 5) is 0. The van der Waals surface area contributed by atoms with Crippen LogP contribution in [0.25, 0.3) is 0 Å². The summed E-state index contributed by atoms with van der Waals surface area (Å²) in [6.07, 6.45) is 0. The second-order valence-electron chi connectivity index (χ2n) is 9.60. The molecule has 0 aliphatic heterocycles. The number of nitriles is 4. The minimum absolute atomic E-state index is 0. The Morgan fingerprint density at radius 1 is 0.339 bits per heavy atom. The maximum Gasteiger partial charge on any atom is 0.0997 e. The molecule has 320 valence electrons. The fraction of sp³-hybridized carbons (Fsp3) is 0.417. The number of rotatable bonds is 0. The molecule has 0 unspecified atom stereocenters. The van der Waals surface area contributed by atoms with E-state index in [-0.39, 0.29) is 54.3 Å². The van der Waals surface area contributed by atoms with Crippen LogP contribution in [0.1, 0.15) is 152 Å². The summed E-state index contributed by atoms with van der Waals surface area (Å²) >= 11 is 0. The van der Waals surface area contributed by atoms with Crippen molar-refractivity contribution in [3.8, 4) is 24.3 Å². The summed E-state index contributed by atoms with van der Waals surface area (Å²) in [5.74, 6) is 0. The van der Waals surface area contributed by atoms with Gasteiger partial charge in [-0.1, -0.05) is 145 Å². The lowest BCUT2D eigenvalue weighted by Gasteiger charge is -1.98. The Morgan fingerprint density at radius 2 is 0.696 bits per heavy atom. The van der Waals surface area contributed by atoms with Gasteiger partial charge in [0.2, 0.25) is 0 Å². The van der Waals surface area contributed by atoms with Crippen LogP contribution in [0, 0.1) is 101 Å². The van der Waals surface area contributed by atoms with Gasteiger partial charge in [-0.25, -0.2) is 0 Å². The van der Waals surface area contributed by atoms with Crippen LogP contribution in [0.5, 0.6) is 0 Å². The lowest BCUT2D eigenvalue weighted by molar-refractivity contribution is 1.31. The molecule has 4 rings (SSSR count). The van der Waals surface area contributed by atoms with Gasteiger partial charge in [-0.05, 0) is 113 Å². The van der Waals surface area contributed by atoms with E-state index in [0.29, 0.717) is 0 Å². The highest BCUT2D eigenvalue weighted by Crippen LogP contribution is 2.12. The van der Waals surface area contributed by atoms with Crippen LogP contribution >= 0.6 is 0 Å². The Labute approximate surface area is 349 Å². The summed E-state index contributed by atoms with van der Waals surface area (Å²) in [7, 11) is 0. The molecule has 8 nitrogen and oxygen atoms in total. The molecule has 4 aromatic rings. The molecule has 0 saturated heterocycles. The average Bonchev–Trinajstić information content (AvgIpc) is 3.11. The van der Waals surface area contributed by atoms with Crippen LogP contribution in [0.4, 0.5) is 0 Å². The van der Waals surface area contributed by atoms with Crippen LogP contribution in [0.3, 0.4) is 0 Å². The minimum atomic E-state index is 0. The highest BCUT2D eigenvalue weighted by atomic mass is 14.3. The Morgan fingerprint density at radius 3 is 1.02 bits per heavy atom. The predicted molar refractivity (Wildman–Crippen MR) is 255 cm³/mol. The molecule has 0 bridgehead atoms. The minimum Gasteiger partial charge on any atom is -0.344 e. The molecule has 0 radical (unpaired) electrons. The van der Waals surface area contributed by atoms with Gasteiger partial charge in [-0.15, -0.1) is 0 Å². The third kappa shape index (κ3) is 34.4. The summed E-state index contributed by atoms with van der Waals surface area (Å²) in [6.45, 7) is 31.8. The fourth-order valence-electron chi connectivity index (χ4n) is 3.66. The first kappa shape index (κ1) is 83.6. The molecular formula is C48H88N8. The molecule has 0 aliphatic carbocycles. The molecule has 0 aliphatic rings. The molecule has 12 N–H and O–H groups in total. The van der Waals surface area contributed by atoms with Crippen LogP contribution in [-0.4, -0.2) is 0 Å². The summed E-state index contributed by atoms with van der Waals surface area (Å²) in [5.41, 5.74) is 12.0. The Kier molecular flexibility index (Phi) is 80.7. The van der Waals surface area contributed by atoms with Gasteiger partial charge >= 0.3 is 0 Å². The van der Waals surface area contributed by atoms with Crippen LogP contribution < -0.4 is 24.6 Å². The molecule has 0 spiro atoms. The SMILES string of the molecule is C.C.C.C.CC.CC.CC.CC.Cc1ccc(C#N)c(C)c1.Cc1ccc(C)c(C#N)c1.Cc1cccc(C#N)c1C.Cc1cccc(C)c1C#N.N.N.N.N. The number of hydrogen-bond donors (Lipinski definition) is 4. The lowest BCUT2D eigenvalue weighted by Crippen LogP contribution is -1.84. The van der Waals surface area contributed by atoms with Gasteiger partial charge < -0.3 is 24.6 Å².